The quantitative estimate of drug-likeness (QED) is 0.574. The molecule has 8 heteroatoms. The second-order valence-electron chi connectivity index (χ2n) is 7.04. The van der Waals surface area contributed by atoms with Gasteiger partial charge in [0.15, 0.2) is 5.76 Å². The Labute approximate surface area is 184 Å². The maximum atomic E-state index is 5.80. The summed E-state index contributed by atoms with van der Waals surface area (Å²) in [6.07, 6.45) is 6.09. The molecule has 172 valence electrons. The van der Waals surface area contributed by atoms with Crippen molar-refractivity contribution in [2.75, 3.05) is 92.3 Å². The summed E-state index contributed by atoms with van der Waals surface area (Å²) in [7, 11) is 0. The highest BCUT2D eigenvalue weighted by atomic mass is 16.6. The molecule has 1 fully saturated rings. The van der Waals surface area contributed by atoms with Gasteiger partial charge in [0.25, 0.3) is 0 Å². The fourth-order valence-electron chi connectivity index (χ4n) is 3.06. The van der Waals surface area contributed by atoms with Gasteiger partial charge in [-0.2, -0.15) is 0 Å². The van der Waals surface area contributed by atoms with Crippen molar-refractivity contribution < 1.29 is 33.2 Å². The van der Waals surface area contributed by atoms with E-state index in [0.29, 0.717) is 78.2 Å². The predicted octanol–water partition coefficient (Wildman–Crippen LogP) is 1.49. The molecule has 8 nitrogen and oxygen atoms in total. The third kappa shape index (κ3) is 9.76. The Morgan fingerprint density at radius 2 is 1.39 bits per heavy atom. The fraction of sp³-hybridized carbons (Fsp3) is 0.652. The van der Waals surface area contributed by atoms with Gasteiger partial charge >= 0.3 is 0 Å². The van der Waals surface area contributed by atoms with Crippen LogP contribution in [0.5, 0.6) is 0 Å². The molecule has 0 unspecified atom stereocenters. The molecule has 3 rings (SSSR count). The van der Waals surface area contributed by atoms with Crippen molar-refractivity contribution >= 4 is 0 Å². The Morgan fingerprint density at radius 3 is 2.19 bits per heavy atom. The van der Waals surface area contributed by atoms with Crippen molar-refractivity contribution in [2.24, 2.45) is 0 Å². The Hall–Kier alpha value is -2.02. The van der Waals surface area contributed by atoms with Crippen LogP contribution in [0.3, 0.4) is 0 Å². The Kier molecular flexibility index (Phi) is 11.4. The smallest absolute Gasteiger partial charge is 0.157 e. The van der Waals surface area contributed by atoms with E-state index < -0.39 is 0 Å². The topological polar surface area (TPSA) is 67.9 Å². The maximum Gasteiger partial charge on any atom is 0.157 e. The number of nitrogens with zero attached hydrogens (tertiary/aromatic N) is 1. The molecule has 0 amide bonds. The molecule has 0 aliphatic carbocycles. The molecule has 0 radical (unpaired) electrons. The van der Waals surface area contributed by atoms with Gasteiger partial charge in [-0.3, -0.25) is 4.90 Å². The van der Waals surface area contributed by atoms with Crippen LogP contribution >= 0.6 is 0 Å². The van der Waals surface area contributed by atoms with E-state index in [9.17, 15) is 0 Å². The van der Waals surface area contributed by atoms with Gasteiger partial charge in [-0.25, -0.2) is 0 Å². The number of allylic oxidation sites excluding steroid dienone is 3. The van der Waals surface area contributed by atoms with Crippen LogP contribution in [0.25, 0.3) is 0 Å². The molecular weight excluding hydrogens is 402 g/mol. The summed E-state index contributed by atoms with van der Waals surface area (Å²) < 4.78 is 39.2. The molecule has 0 bridgehead atoms. The minimum atomic E-state index is 0.444. The minimum Gasteiger partial charge on any atom is -0.497 e. The third-order valence-electron chi connectivity index (χ3n) is 4.72. The first-order chi connectivity index (χ1) is 15.4. The molecule has 3 aliphatic rings. The van der Waals surface area contributed by atoms with Crippen LogP contribution in [0.1, 0.15) is 6.42 Å². The van der Waals surface area contributed by atoms with E-state index in [1.54, 1.807) is 6.26 Å². The van der Waals surface area contributed by atoms with Gasteiger partial charge in [0.05, 0.1) is 71.2 Å². The van der Waals surface area contributed by atoms with E-state index in [1.807, 2.05) is 12.2 Å². The molecule has 0 N–H and O–H groups in total. The average molecular weight is 436 g/mol. The van der Waals surface area contributed by atoms with Crippen molar-refractivity contribution in [1.29, 1.82) is 0 Å². The summed E-state index contributed by atoms with van der Waals surface area (Å²) >= 11 is 0. The minimum absolute atomic E-state index is 0.444. The summed E-state index contributed by atoms with van der Waals surface area (Å²) in [6, 6.07) is 0. The lowest BCUT2D eigenvalue weighted by molar-refractivity contribution is 0.00311. The molecule has 0 spiro atoms. The van der Waals surface area contributed by atoms with Crippen molar-refractivity contribution in [3.63, 3.8) is 0 Å². The molecule has 0 aromatic heterocycles. The van der Waals surface area contributed by atoms with Gasteiger partial charge in [0, 0.05) is 19.5 Å². The fourth-order valence-corrected chi connectivity index (χ4v) is 3.06. The van der Waals surface area contributed by atoms with Gasteiger partial charge < -0.3 is 33.2 Å². The summed E-state index contributed by atoms with van der Waals surface area (Å²) in [6.45, 7) is 8.71. The first-order valence-electron chi connectivity index (χ1n) is 10.9. The lowest BCUT2D eigenvalue weighted by Gasteiger charge is -2.24. The van der Waals surface area contributed by atoms with E-state index in [-0.39, 0.29) is 0 Å². The predicted molar refractivity (Wildman–Crippen MR) is 114 cm³/mol. The number of morpholine rings is 1. The summed E-state index contributed by atoms with van der Waals surface area (Å²) in [5.41, 5.74) is 0.759. The van der Waals surface area contributed by atoms with Crippen LogP contribution in [-0.2, 0) is 33.2 Å². The summed E-state index contributed by atoms with van der Waals surface area (Å²) in [5, 5.41) is 0. The van der Waals surface area contributed by atoms with Crippen molar-refractivity contribution in [2.45, 2.75) is 6.42 Å². The Morgan fingerprint density at radius 1 is 0.710 bits per heavy atom. The number of hydrogen-bond acceptors (Lipinski definition) is 8. The second kappa shape index (κ2) is 14.9. The lowest BCUT2D eigenvalue weighted by Crippen LogP contribution is -2.36. The summed E-state index contributed by atoms with van der Waals surface area (Å²) in [5.74, 6) is 7.92. The summed E-state index contributed by atoms with van der Waals surface area (Å²) in [4.78, 5) is 2.28. The van der Waals surface area contributed by atoms with Crippen LogP contribution in [0.15, 0.2) is 35.5 Å². The van der Waals surface area contributed by atoms with Crippen LogP contribution in [0.4, 0.5) is 0 Å². The molecule has 0 saturated carbocycles. The molecule has 0 atom stereocenters. The standard InChI is InChI=1S/C23H33NO7/c1(6-24-7-10-26-11-8-24)2-21-3-4-22-23(31-19-18-30-22)5-9-25-12-13-27-14-15-28-16-17-29-20-21/h3-4,20H,5-19H2/b4-3-,21-20-. The first kappa shape index (κ1) is 23.6. The van der Waals surface area contributed by atoms with Crippen LogP contribution in [0, 0.1) is 11.8 Å². The Bertz CT molecular complexity index is 671. The molecule has 1 saturated heterocycles. The number of rotatable bonds is 1. The van der Waals surface area contributed by atoms with E-state index >= 15 is 0 Å². The SMILES string of the molecule is C(#CC1=C/OCCOCCOCCOCCC2=C(/C=C\1)OCCO2)CN1CCOCC1. The van der Waals surface area contributed by atoms with Gasteiger partial charge in [-0.05, 0) is 12.2 Å². The molecule has 3 aliphatic heterocycles. The van der Waals surface area contributed by atoms with Gasteiger partial charge in [-0.1, -0.05) is 11.8 Å². The average Bonchev–Trinajstić information content (AvgIpc) is 2.81. The number of hydrogen-bond donors (Lipinski definition) is 0. The van der Waals surface area contributed by atoms with Crippen molar-refractivity contribution in [3.05, 3.63) is 35.5 Å². The second-order valence-corrected chi connectivity index (χ2v) is 7.04. The van der Waals surface area contributed by atoms with Gasteiger partial charge in [0.2, 0.25) is 0 Å². The molecular formula is C23H33NO7. The van der Waals surface area contributed by atoms with Crippen molar-refractivity contribution in [3.8, 4) is 11.8 Å². The zero-order valence-corrected chi connectivity index (χ0v) is 18.1. The monoisotopic (exact) mass is 435 g/mol. The van der Waals surface area contributed by atoms with Crippen LogP contribution in [0.2, 0.25) is 0 Å². The molecule has 3 heterocycles. The third-order valence-corrected chi connectivity index (χ3v) is 4.72. The highest BCUT2D eigenvalue weighted by molar-refractivity contribution is 5.39. The number of ether oxygens (including phenoxy) is 7. The van der Waals surface area contributed by atoms with E-state index in [4.69, 9.17) is 33.2 Å². The zero-order chi connectivity index (χ0) is 21.4. The molecule has 0 aromatic rings. The van der Waals surface area contributed by atoms with E-state index in [0.717, 1.165) is 37.6 Å². The largest absolute Gasteiger partial charge is 0.497 e. The highest BCUT2D eigenvalue weighted by Gasteiger charge is 2.13. The van der Waals surface area contributed by atoms with E-state index in [1.165, 1.54) is 0 Å². The van der Waals surface area contributed by atoms with Crippen molar-refractivity contribution in [1.82, 2.24) is 4.90 Å². The molecule has 31 heavy (non-hydrogen) atoms. The van der Waals surface area contributed by atoms with Crippen LogP contribution < -0.4 is 0 Å². The normalized spacial score (nSPS) is 25.6. The van der Waals surface area contributed by atoms with Gasteiger partial charge in [-0.15, -0.1) is 0 Å². The van der Waals surface area contributed by atoms with E-state index in [2.05, 4.69) is 16.7 Å². The van der Waals surface area contributed by atoms with Crippen LogP contribution in [-0.4, -0.2) is 97.2 Å². The maximum absolute atomic E-state index is 5.80. The highest BCUT2D eigenvalue weighted by Crippen LogP contribution is 2.19. The molecule has 0 aromatic carbocycles. The first-order valence-corrected chi connectivity index (χ1v) is 10.9. The zero-order valence-electron chi connectivity index (χ0n) is 18.1. The Balaban J connectivity index is 1.66. The lowest BCUT2D eigenvalue weighted by atomic mass is 10.2. The van der Waals surface area contributed by atoms with Gasteiger partial charge in [0.1, 0.15) is 25.6 Å².